The Hall–Kier alpha value is -2.35. The molecule has 2 aromatic rings. The smallest absolute Gasteiger partial charge is 0.233 e. The molecule has 4 rings (SSSR count). The molecule has 1 amide bonds. The number of anilines is 1. The topological polar surface area (TPSA) is 20.3 Å². The van der Waals surface area contributed by atoms with Gasteiger partial charge >= 0.3 is 0 Å². The molecule has 2 aromatic carbocycles. The van der Waals surface area contributed by atoms with E-state index in [0.717, 1.165) is 18.5 Å². The third-order valence-electron chi connectivity index (χ3n) is 8.00. The number of piperidine rings is 1. The number of benzene rings is 2. The molecule has 1 atom stereocenters. The molecule has 0 radical (unpaired) electrons. The van der Waals surface area contributed by atoms with Gasteiger partial charge in [-0.25, -0.2) is 0 Å². The number of para-hydroxylation sites is 1. The Morgan fingerprint density at radius 1 is 0.848 bits per heavy atom. The molecule has 2 aliphatic rings. The van der Waals surface area contributed by atoms with Gasteiger partial charge in [-0.15, -0.1) is 0 Å². The van der Waals surface area contributed by atoms with Crippen LogP contribution in [-0.2, 0) is 4.79 Å². The summed E-state index contributed by atoms with van der Waals surface area (Å²) < 4.78 is 0. The molecule has 0 aromatic heterocycles. The number of carbonyl (C=O) groups is 1. The van der Waals surface area contributed by atoms with Crippen molar-refractivity contribution in [1.82, 2.24) is 0 Å². The number of carbonyl (C=O) groups excluding carboxylic acids is 1. The Bertz CT molecular complexity index is 1080. The number of nitrogens with zero attached hydrogens (tertiary/aromatic N) is 1. The second-order valence-corrected chi connectivity index (χ2v) is 12.0. The van der Waals surface area contributed by atoms with Crippen molar-refractivity contribution in [3.63, 3.8) is 0 Å². The molecular weight excluding hydrogens is 402 g/mol. The fourth-order valence-electron chi connectivity index (χ4n) is 6.84. The fourth-order valence-corrected chi connectivity index (χ4v) is 6.84. The van der Waals surface area contributed by atoms with E-state index in [0.29, 0.717) is 11.8 Å². The molecule has 0 bridgehead atoms. The fraction of sp³-hybridized carbons (Fsp3) is 0.516. The van der Waals surface area contributed by atoms with E-state index in [1.807, 2.05) is 0 Å². The Morgan fingerprint density at radius 3 is 1.88 bits per heavy atom. The summed E-state index contributed by atoms with van der Waals surface area (Å²) in [4.78, 5) is 16.8. The average Bonchev–Trinajstić information content (AvgIpc) is 3.43. The molecule has 1 aliphatic carbocycles. The standard InChI is InChI=1S/C31H41NO/c1-10-25-26(22-15-12-11-13-16-22)31(25)30(8,9)19-29(6,7)28(33)32(31)27-23(20(2)3)17-14-18-24(27)21(4)5/h11-18,20-21H,10,19H2,1-9H3. The summed E-state index contributed by atoms with van der Waals surface area (Å²) in [6.45, 7) is 20.3. The van der Waals surface area contributed by atoms with Crippen molar-refractivity contribution in [2.75, 3.05) is 4.90 Å². The number of hydrogen-bond acceptors (Lipinski definition) is 1. The summed E-state index contributed by atoms with van der Waals surface area (Å²) >= 11 is 0. The van der Waals surface area contributed by atoms with E-state index < -0.39 is 5.41 Å². The highest BCUT2D eigenvalue weighted by Gasteiger charge is 2.71. The Balaban J connectivity index is 2.07. The highest BCUT2D eigenvalue weighted by molar-refractivity contribution is 6.12. The summed E-state index contributed by atoms with van der Waals surface area (Å²) in [5, 5.41) is 0. The van der Waals surface area contributed by atoms with Crippen molar-refractivity contribution in [1.29, 1.82) is 0 Å². The highest BCUT2D eigenvalue weighted by atomic mass is 16.2. The highest BCUT2D eigenvalue weighted by Crippen LogP contribution is 2.70. The average molecular weight is 444 g/mol. The molecule has 33 heavy (non-hydrogen) atoms. The molecule has 1 unspecified atom stereocenters. The maximum atomic E-state index is 14.5. The van der Waals surface area contributed by atoms with Gasteiger partial charge in [0.15, 0.2) is 0 Å². The predicted octanol–water partition coefficient (Wildman–Crippen LogP) is 8.34. The van der Waals surface area contributed by atoms with Gasteiger partial charge in [0.1, 0.15) is 5.54 Å². The van der Waals surface area contributed by atoms with Crippen LogP contribution in [0.5, 0.6) is 0 Å². The monoisotopic (exact) mass is 443 g/mol. The summed E-state index contributed by atoms with van der Waals surface area (Å²) in [5.74, 6) is 0.926. The number of rotatable bonds is 5. The third kappa shape index (κ3) is 3.32. The Kier molecular flexibility index (Phi) is 5.67. The minimum Gasteiger partial charge on any atom is -0.297 e. The van der Waals surface area contributed by atoms with E-state index in [9.17, 15) is 4.79 Å². The molecule has 176 valence electrons. The van der Waals surface area contributed by atoms with Crippen LogP contribution in [0.15, 0.2) is 54.1 Å². The molecule has 0 saturated carbocycles. The van der Waals surface area contributed by atoms with Gasteiger partial charge < -0.3 is 0 Å². The minimum absolute atomic E-state index is 0.0841. The lowest BCUT2D eigenvalue weighted by atomic mass is 9.61. The first-order valence-electron chi connectivity index (χ1n) is 12.7. The maximum absolute atomic E-state index is 14.5. The van der Waals surface area contributed by atoms with Crippen LogP contribution in [0.1, 0.15) is 104 Å². The largest absolute Gasteiger partial charge is 0.297 e. The summed E-state index contributed by atoms with van der Waals surface area (Å²) in [6.07, 6.45) is 1.83. The van der Waals surface area contributed by atoms with E-state index in [1.54, 1.807) is 0 Å². The van der Waals surface area contributed by atoms with Crippen LogP contribution in [-0.4, -0.2) is 11.4 Å². The van der Waals surface area contributed by atoms with Crippen LogP contribution in [0, 0.1) is 10.8 Å². The predicted molar refractivity (Wildman–Crippen MR) is 141 cm³/mol. The first kappa shape index (κ1) is 23.8. The van der Waals surface area contributed by atoms with E-state index in [1.165, 1.54) is 27.8 Å². The van der Waals surface area contributed by atoms with Crippen LogP contribution >= 0.6 is 0 Å². The van der Waals surface area contributed by atoms with Crippen LogP contribution < -0.4 is 4.90 Å². The van der Waals surface area contributed by atoms with Crippen LogP contribution in [0.4, 0.5) is 5.69 Å². The van der Waals surface area contributed by atoms with Gasteiger partial charge in [-0.3, -0.25) is 9.69 Å². The number of hydrogen-bond donors (Lipinski definition) is 0. The van der Waals surface area contributed by atoms with Crippen molar-refractivity contribution in [3.05, 3.63) is 70.8 Å². The van der Waals surface area contributed by atoms with Crippen LogP contribution in [0.25, 0.3) is 5.57 Å². The molecule has 1 heterocycles. The maximum Gasteiger partial charge on any atom is 0.233 e. The molecule has 2 heteroatoms. The molecular formula is C31H41NO. The zero-order valence-corrected chi connectivity index (χ0v) is 22.0. The zero-order chi connectivity index (χ0) is 24.3. The third-order valence-corrected chi connectivity index (χ3v) is 8.00. The Labute approximate surface area is 201 Å². The van der Waals surface area contributed by atoms with E-state index >= 15 is 0 Å². The van der Waals surface area contributed by atoms with Crippen molar-refractivity contribution >= 4 is 17.2 Å². The second-order valence-electron chi connectivity index (χ2n) is 12.0. The summed E-state index contributed by atoms with van der Waals surface area (Å²) in [6, 6.07) is 17.4. The van der Waals surface area contributed by atoms with E-state index in [-0.39, 0.29) is 16.9 Å². The zero-order valence-electron chi connectivity index (χ0n) is 22.0. The van der Waals surface area contributed by atoms with Gasteiger partial charge in [-0.1, -0.05) is 111 Å². The van der Waals surface area contributed by atoms with Crippen molar-refractivity contribution in [2.45, 2.75) is 92.5 Å². The lowest BCUT2D eigenvalue weighted by molar-refractivity contribution is -0.133. The molecule has 1 spiro atoms. The normalized spacial score (nSPS) is 23.7. The SMILES string of the molecule is CCC1=C(c2ccccc2)C12N(c1c(C(C)C)cccc1C(C)C)C(=O)C(C)(C)CC2(C)C. The van der Waals surface area contributed by atoms with Gasteiger partial charge in [0.25, 0.3) is 0 Å². The molecule has 2 nitrogen and oxygen atoms in total. The first-order valence-corrected chi connectivity index (χ1v) is 12.7. The van der Waals surface area contributed by atoms with Gasteiger partial charge in [0, 0.05) is 5.41 Å². The van der Waals surface area contributed by atoms with Crippen molar-refractivity contribution < 1.29 is 4.79 Å². The van der Waals surface area contributed by atoms with E-state index in [2.05, 4.69) is 116 Å². The van der Waals surface area contributed by atoms with Crippen LogP contribution in [0.2, 0.25) is 0 Å². The van der Waals surface area contributed by atoms with Gasteiger partial charge in [0.05, 0.1) is 5.69 Å². The molecule has 1 saturated heterocycles. The number of amides is 1. The van der Waals surface area contributed by atoms with Gasteiger partial charge in [-0.2, -0.15) is 0 Å². The lowest BCUT2D eigenvalue weighted by Crippen LogP contribution is -2.64. The van der Waals surface area contributed by atoms with E-state index in [4.69, 9.17) is 0 Å². The minimum atomic E-state index is -0.420. The molecule has 1 aliphatic heterocycles. The molecule has 0 N–H and O–H groups in total. The summed E-state index contributed by atoms with van der Waals surface area (Å²) in [5.41, 5.74) is 6.89. The van der Waals surface area contributed by atoms with Crippen LogP contribution in [0.3, 0.4) is 0 Å². The van der Waals surface area contributed by atoms with Gasteiger partial charge in [0.2, 0.25) is 5.91 Å². The van der Waals surface area contributed by atoms with Crippen molar-refractivity contribution in [2.24, 2.45) is 10.8 Å². The Morgan fingerprint density at radius 2 is 1.39 bits per heavy atom. The molecule has 1 fully saturated rings. The van der Waals surface area contributed by atoms with Crippen molar-refractivity contribution in [3.8, 4) is 0 Å². The summed E-state index contributed by atoms with van der Waals surface area (Å²) in [7, 11) is 0. The van der Waals surface area contributed by atoms with Gasteiger partial charge in [-0.05, 0) is 57.9 Å². The first-order chi connectivity index (χ1) is 15.4. The lowest BCUT2D eigenvalue weighted by Gasteiger charge is -2.56. The second kappa shape index (κ2) is 7.86. The quantitative estimate of drug-likeness (QED) is 0.455.